The van der Waals surface area contributed by atoms with Gasteiger partial charge in [-0.3, -0.25) is 4.57 Å². The van der Waals surface area contributed by atoms with E-state index < -0.39 is 0 Å². The lowest BCUT2D eigenvalue weighted by atomic mass is 10.4. The summed E-state index contributed by atoms with van der Waals surface area (Å²) in [6.45, 7) is 2.18. The zero-order valence-electron chi connectivity index (χ0n) is 8.04. The Balaban J connectivity index is 2.36. The maximum Gasteiger partial charge on any atom is 0.347 e. The quantitative estimate of drug-likeness (QED) is 0.776. The highest BCUT2D eigenvalue weighted by molar-refractivity contribution is 7.09. The van der Waals surface area contributed by atoms with E-state index in [-0.39, 0.29) is 5.69 Å². The minimum absolute atomic E-state index is 0.312. The number of nitrogens with zero attached hydrogens (tertiary/aromatic N) is 4. The van der Waals surface area contributed by atoms with Gasteiger partial charge in [0.2, 0.25) is 0 Å². The van der Waals surface area contributed by atoms with Crippen LogP contribution < -0.4 is 11.4 Å². The van der Waals surface area contributed by atoms with Gasteiger partial charge in [0.25, 0.3) is 0 Å². The van der Waals surface area contributed by atoms with E-state index in [1.54, 1.807) is 6.20 Å². The fraction of sp³-hybridized carbons (Fsp3) is 0.250. The van der Waals surface area contributed by atoms with Gasteiger partial charge in [0.15, 0.2) is 0 Å². The first kappa shape index (κ1) is 9.78. The second-order valence-corrected chi connectivity index (χ2v) is 3.91. The molecule has 0 spiro atoms. The average molecular weight is 223 g/mol. The van der Waals surface area contributed by atoms with Crippen molar-refractivity contribution in [2.45, 2.75) is 13.5 Å². The second kappa shape index (κ2) is 3.77. The molecule has 0 fully saturated rings. The molecule has 0 saturated heterocycles. The van der Waals surface area contributed by atoms with Gasteiger partial charge in [-0.25, -0.2) is 9.78 Å². The number of nitrogen functional groups attached to an aromatic ring is 1. The molecule has 0 atom stereocenters. The largest absolute Gasteiger partial charge is 0.388 e. The molecule has 0 unspecified atom stereocenters. The second-order valence-electron chi connectivity index (χ2n) is 3.13. The van der Waals surface area contributed by atoms with Gasteiger partial charge in [-0.2, -0.15) is 0 Å². The molecule has 78 valence electrons. The molecule has 2 heterocycles. The van der Waals surface area contributed by atoms with Crippen LogP contribution in [0.3, 0.4) is 0 Å². The molecule has 0 amide bonds. The summed E-state index contributed by atoms with van der Waals surface area (Å²) < 4.78 is 5.16. The Morgan fingerprint density at radius 2 is 2.40 bits per heavy atom. The lowest BCUT2D eigenvalue weighted by molar-refractivity contribution is 0.704. The monoisotopic (exact) mass is 223 g/mol. The third-order valence-corrected chi connectivity index (χ3v) is 2.48. The number of rotatable bonds is 2. The Morgan fingerprint density at radius 1 is 1.60 bits per heavy atom. The molecule has 0 saturated carbocycles. The van der Waals surface area contributed by atoms with Crippen molar-refractivity contribution in [2.24, 2.45) is 0 Å². The molecule has 15 heavy (non-hydrogen) atoms. The first-order valence-corrected chi connectivity index (χ1v) is 5.04. The first-order chi connectivity index (χ1) is 7.16. The molecule has 2 N–H and O–H groups in total. The summed E-state index contributed by atoms with van der Waals surface area (Å²) >= 11 is 1.11. The molecule has 2 rings (SSSR count). The van der Waals surface area contributed by atoms with Gasteiger partial charge in [0.1, 0.15) is 10.7 Å². The maximum absolute atomic E-state index is 11.4. The maximum atomic E-state index is 11.4. The third kappa shape index (κ3) is 2.01. The number of anilines is 1. The van der Waals surface area contributed by atoms with Gasteiger partial charge in [-0.05, 0) is 12.5 Å². The molecule has 0 aliphatic rings. The predicted molar refractivity (Wildman–Crippen MR) is 56.7 cm³/mol. The summed E-state index contributed by atoms with van der Waals surface area (Å²) in [5, 5.41) is 4.37. The fourth-order valence-electron chi connectivity index (χ4n) is 1.17. The van der Waals surface area contributed by atoms with Crippen LogP contribution in [0, 0.1) is 6.92 Å². The lowest BCUT2D eigenvalue weighted by Gasteiger charge is -2.02. The zero-order chi connectivity index (χ0) is 10.8. The topological polar surface area (TPSA) is 86.7 Å². The van der Waals surface area contributed by atoms with Crippen LogP contribution in [0.4, 0.5) is 5.00 Å². The Hall–Kier alpha value is -1.76. The van der Waals surface area contributed by atoms with Crippen LogP contribution in [-0.4, -0.2) is 19.1 Å². The summed E-state index contributed by atoms with van der Waals surface area (Å²) in [4.78, 5) is 15.1. The standard InChI is InChI=1S/C8H9N5OS/c1-5-2-10-8(14)13(3-5)4-6-7(9)15-12-11-6/h2-3H,4,9H2,1H3. The van der Waals surface area contributed by atoms with Crippen LogP contribution in [0.1, 0.15) is 11.3 Å². The minimum atomic E-state index is -0.312. The fourth-order valence-corrected chi connectivity index (χ4v) is 1.60. The van der Waals surface area contributed by atoms with Crippen molar-refractivity contribution in [1.82, 2.24) is 19.1 Å². The van der Waals surface area contributed by atoms with E-state index >= 15 is 0 Å². The van der Waals surface area contributed by atoms with Gasteiger partial charge in [-0.15, -0.1) is 5.10 Å². The average Bonchev–Trinajstić information content (AvgIpc) is 2.58. The number of nitrogens with two attached hydrogens (primary N) is 1. The molecule has 0 aromatic carbocycles. The molecule has 0 bridgehead atoms. The van der Waals surface area contributed by atoms with Gasteiger partial charge in [-0.1, -0.05) is 4.49 Å². The van der Waals surface area contributed by atoms with Crippen molar-refractivity contribution in [1.29, 1.82) is 0 Å². The lowest BCUT2D eigenvalue weighted by Crippen LogP contribution is -2.23. The van der Waals surface area contributed by atoms with Crippen LogP contribution in [0.25, 0.3) is 0 Å². The number of aryl methyl sites for hydroxylation is 1. The number of aromatic nitrogens is 4. The van der Waals surface area contributed by atoms with Crippen molar-refractivity contribution >= 4 is 16.5 Å². The Kier molecular flexibility index (Phi) is 2.46. The number of hydrogen-bond donors (Lipinski definition) is 1. The van der Waals surface area contributed by atoms with E-state index in [1.807, 2.05) is 6.92 Å². The van der Waals surface area contributed by atoms with Gasteiger partial charge in [0, 0.05) is 23.9 Å². The molecule has 6 nitrogen and oxygen atoms in total. The minimum Gasteiger partial charge on any atom is -0.388 e. The van der Waals surface area contributed by atoms with E-state index in [4.69, 9.17) is 5.73 Å². The highest BCUT2D eigenvalue weighted by Crippen LogP contribution is 2.12. The van der Waals surface area contributed by atoms with Crippen molar-refractivity contribution in [3.8, 4) is 0 Å². The molecular weight excluding hydrogens is 214 g/mol. The molecule has 0 radical (unpaired) electrons. The van der Waals surface area contributed by atoms with Crippen LogP contribution in [0.15, 0.2) is 17.2 Å². The van der Waals surface area contributed by atoms with Crippen LogP contribution in [-0.2, 0) is 6.54 Å². The van der Waals surface area contributed by atoms with E-state index in [9.17, 15) is 4.79 Å². The van der Waals surface area contributed by atoms with Gasteiger partial charge in [0.05, 0.1) is 6.54 Å². The summed E-state index contributed by atoms with van der Waals surface area (Å²) in [6.07, 6.45) is 3.25. The van der Waals surface area contributed by atoms with E-state index in [2.05, 4.69) is 14.6 Å². The smallest absolute Gasteiger partial charge is 0.347 e. The molecular formula is C8H9N5OS. The molecule has 2 aromatic rings. The van der Waals surface area contributed by atoms with E-state index in [0.717, 1.165) is 17.1 Å². The summed E-state index contributed by atoms with van der Waals surface area (Å²) in [7, 11) is 0. The highest BCUT2D eigenvalue weighted by atomic mass is 32.1. The van der Waals surface area contributed by atoms with Crippen LogP contribution in [0.2, 0.25) is 0 Å². The zero-order valence-corrected chi connectivity index (χ0v) is 8.86. The third-order valence-electron chi connectivity index (χ3n) is 1.89. The number of hydrogen-bond acceptors (Lipinski definition) is 6. The van der Waals surface area contributed by atoms with E-state index in [0.29, 0.717) is 17.2 Å². The van der Waals surface area contributed by atoms with Gasteiger partial charge >= 0.3 is 5.69 Å². The molecule has 2 aromatic heterocycles. The van der Waals surface area contributed by atoms with Crippen LogP contribution >= 0.6 is 11.5 Å². The predicted octanol–water partition coefficient (Wildman–Crippen LogP) is 0.0337. The molecule has 0 aliphatic heterocycles. The van der Waals surface area contributed by atoms with Crippen LogP contribution in [0.5, 0.6) is 0 Å². The Bertz CT molecular complexity index is 532. The van der Waals surface area contributed by atoms with Crippen molar-refractivity contribution in [2.75, 3.05) is 5.73 Å². The SMILES string of the molecule is Cc1cnc(=O)n(Cc2nnsc2N)c1. The highest BCUT2D eigenvalue weighted by Gasteiger charge is 2.06. The Labute approximate surface area is 89.6 Å². The Morgan fingerprint density at radius 3 is 3.07 bits per heavy atom. The molecule has 7 heteroatoms. The van der Waals surface area contributed by atoms with Gasteiger partial charge < -0.3 is 5.73 Å². The summed E-state index contributed by atoms with van der Waals surface area (Å²) in [6, 6.07) is 0. The van der Waals surface area contributed by atoms with Crippen molar-refractivity contribution in [3.05, 3.63) is 34.1 Å². The summed E-state index contributed by atoms with van der Waals surface area (Å²) in [5.41, 5.74) is 6.84. The van der Waals surface area contributed by atoms with Crippen molar-refractivity contribution < 1.29 is 0 Å². The first-order valence-electron chi connectivity index (χ1n) is 4.26. The summed E-state index contributed by atoms with van der Waals surface area (Å²) in [5.74, 6) is 0. The normalized spacial score (nSPS) is 10.5. The van der Waals surface area contributed by atoms with Crippen molar-refractivity contribution in [3.63, 3.8) is 0 Å². The van der Waals surface area contributed by atoms with E-state index in [1.165, 1.54) is 10.8 Å². The molecule has 0 aliphatic carbocycles.